The zero-order valence-corrected chi connectivity index (χ0v) is 23.4. The van der Waals surface area contributed by atoms with Crippen LogP contribution in [0.3, 0.4) is 0 Å². The molecule has 1 unspecified atom stereocenters. The molecule has 41 heavy (non-hydrogen) atoms. The third-order valence-corrected chi connectivity index (χ3v) is 7.40. The summed E-state index contributed by atoms with van der Waals surface area (Å²) in [5.41, 5.74) is 3.49. The number of aliphatic hydroxyl groups excluding tert-OH is 1. The third kappa shape index (κ3) is 8.23. The van der Waals surface area contributed by atoms with Gasteiger partial charge >= 0.3 is 0 Å². The Kier molecular flexibility index (Phi) is 9.83. The number of hydrogen-bond acceptors (Lipinski definition) is 6. The van der Waals surface area contributed by atoms with Crippen LogP contribution in [0.5, 0.6) is 0 Å². The van der Waals surface area contributed by atoms with Gasteiger partial charge in [0.25, 0.3) is 10.0 Å². The lowest BCUT2D eigenvalue weighted by Gasteiger charge is -2.26. The molecule has 0 fully saturated rings. The average molecular weight is 573 g/mol. The predicted octanol–water partition coefficient (Wildman–Crippen LogP) is 3.75. The van der Waals surface area contributed by atoms with E-state index >= 15 is 0 Å². The summed E-state index contributed by atoms with van der Waals surface area (Å²) < 4.78 is 29.4. The number of benzene rings is 3. The number of aliphatic hydroxyl groups is 1. The van der Waals surface area contributed by atoms with Crippen molar-refractivity contribution in [3.05, 3.63) is 125 Å². The number of aromatic nitrogens is 2. The minimum atomic E-state index is -4.19. The van der Waals surface area contributed by atoms with Gasteiger partial charge in [0.2, 0.25) is 11.8 Å². The minimum Gasteiger partial charge on any atom is -0.392 e. The van der Waals surface area contributed by atoms with Crippen molar-refractivity contribution in [2.45, 2.75) is 26.5 Å². The van der Waals surface area contributed by atoms with Crippen molar-refractivity contribution < 1.29 is 23.1 Å². The van der Waals surface area contributed by atoms with Crippen molar-refractivity contribution in [2.75, 3.05) is 11.4 Å². The highest BCUT2D eigenvalue weighted by molar-refractivity contribution is 7.93. The van der Waals surface area contributed by atoms with E-state index in [1.165, 1.54) is 11.0 Å². The molecule has 3 aromatic carbocycles. The molecular formula is C31H32N4O5S. The molecule has 2 N–H and O–H groups in total. The summed E-state index contributed by atoms with van der Waals surface area (Å²) >= 11 is 0. The molecule has 2 amide bonds. The van der Waals surface area contributed by atoms with E-state index in [1.54, 1.807) is 72.5 Å². The van der Waals surface area contributed by atoms with Gasteiger partial charge in [0.15, 0.2) is 0 Å². The second-order valence-electron chi connectivity index (χ2n) is 9.42. The smallest absolute Gasteiger partial charge is 0.257 e. The van der Waals surface area contributed by atoms with Crippen LogP contribution in [0.1, 0.15) is 29.2 Å². The summed E-state index contributed by atoms with van der Waals surface area (Å²) in [5.74, 6) is -2.84. The molecule has 0 aliphatic carbocycles. The number of anilines is 1. The molecule has 4 rings (SSSR count). The van der Waals surface area contributed by atoms with Gasteiger partial charge in [-0.3, -0.25) is 14.3 Å². The van der Waals surface area contributed by atoms with E-state index in [0.717, 1.165) is 11.0 Å². The molecule has 1 heterocycles. The van der Waals surface area contributed by atoms with Crippen molar-refractivity contribution in [3.63, 3.8) is 0 Å². The fraction of sp³-hybridized carbons (Fsp3) is 0.194. The van der Waals surface area contributed by atoms with Crippen LogP contribution in [0.25, 0.3) is 6.08 Å². The number of hydrogen-bond donors (Lipinski definition) is 2. The van der Waals surface area contributed by atoms with Crippen LogP contribution in [-0.4, -0.2) is 41.7 Å². The monoisotopic (exact) mass is 572 g/mol. The molecule has 9 nitrogen and oxygen atoms in total. The predicted molar refractivity (Wildman–Crippen MR) is 158 cm³/mol. The summed E-state index contributed by atoms with van der Waals surface area (Å²) in [6.45, 7) is 2.37. The summed E-state index contributed by atoms with van der Waals surface area (Å²) in [6, 6.07) is 25.3. The molecular weight excluding hydrogens is 540 g/mol. The maximum Gasteiger partial charge on any atom is 0.257 e. The quantitative estimate of drug-likeness (QED) is 0.250. The Morgan fingerprint density at radius 3 is 2.24 bits per heavy atom. The lowest BCUT2D eigenvalue weighted by atomic mass is 9.98. The van der Waals surface area contributed by atoms with E-state index in [-0.39, 0.29) is 19.6 Å². The van der Waals surface area contributed by atoms with Gasteiger partial charge in [-0.25, -0.2) is 13.1 Å². The van der Waals surface area contributed by atoms with Crippen LogP contribution in [0.2, 0.25) is 0 Å². The maximum atomic E-state index is 13.8. The number of carbonyl (C=O) groups is 2. The molecule has 0 bridgehead atoms. The lowest BCUT2D eigenvalue weighted by Crippen LogP contribution is -2.46. The zero-order valence-electron chi connectivity index (χ0n) is 22.6. The van der Waals surface area contributed by atoms with Crippen molar-refractivity contribution in [1.29, 1.82) is 0 Å². The molecule has 10 heteroatoms. The van der Waals surface area contributed by atoms with Gasteiger partial charge < -0.3 is 10.0 Å². The van der Waals surface area contributed by atoms with Gasteiger partial charge in [-0.2, -0.15) is 5.10 Å². The van der Waals surface area contributed by atoms with Crippen molar-refractivity contribution in [3.8, 4) is 0 Å². The Labute approximate surface area is 239 Å². The topological polar surface area (TPSA) is 122 Å². The summed E-state index contributed by atoms with van der Waals surface area (Å²) in [4.78, 5) is 28.7. The number of nitrogens with zero attached hydrogens (tertiary/aromatic N) is 3. The van der Waals surface area contributed by atoms with E-state index < -0.39 is 27.8 Å². The van der Waals surface area contributed by atoms with E-state index in [4.69, 9.17) is 0 Å². The van der Waals surface area contributed by atoms with Gasteiger partial charge in [-0.15, -0.1) is 0 Å². The molecule has 1 aromatic heterocycles. The van der Waals surface area contributed by atoms with Crippen molar-refractivity contribution >= 4 is 33.6 Å². The van der Waals surface area contributed by atoms with Crippen LogP contribution in [0, 0.1) is 5.92 Å². The molecule has 212 valence electrons. The Bertz CT molecular complexity index is 1580. The molecule has 1 atom stereocenters. The summed E-state index contributed by atoms with van der Waals surface area (Å²) in [5, 5.41) is 14.7. The lowest BCUT2D eigenvalue weighted by molar-refractivity contribution is -0.132. The first kappa shape index (κ1) is 29.4. The van der Waals surface area contributed by atoms with E-state index in [2.05, 4.69) is 9.82 Å². The molecule has 4 aromatic rings. The molecule has 0 aliphatic heterocycles. The third-order valence-electron chi connectivity index (χ3n) is 6.42. The van der Waals surface area contributed by atoms with Crippen molar-refractivity contribution in [2.24, 2.45) is 5.92 Å². The van der Waals surface area contributed by atoms with Gasteiger partial charge in [0, 0.05) is 18.4 Å². The fourth-order valence-electron chi connectivity index (χ4n) is 4.31. The Morgan fingerprint density at radius 1 is 0.951 bits per heavy atom. The number of amides is 2. The molecule has 0 saturated carbocycles. The van der Waals surface area contributed by atoms with E-state index in [0.29, 0.717) is 28.9 Å². The highest BCUT2D eigenvalue weighted by Crippen LogP contribution is 2.21. The first-order chi connectivity index (χ1) is 19.8. The second-order valence-corrected chi connectivity index (χ2v) is 11.0. The second kappa shape index (κ2) is 13.7. The summed E-state index contributed by atoms with van der Waals surface area (Å²) in [7, 11) is -4.19. The fourth-order valence-corrected chi connectivity index (χ4v) is 5.14. The number of sulfonamides is 1. The van der Waals surface area contributed by atoms with Crippen molar-refractivity contribution in [1.82, 2.24) is 14.5 Å². The van der Waals surface area contributed by atoms with Gasteiger partial charge in [-0.1, -0.05) is 72.8 Å². The normalized spacial score (nSPS) is 12.2. The van der Waals surface area contributed by atoms with Crippen LogP contribution >= 0.6 is 0 Å². The van der Waals surface area contributed by atoms with Gasteiger partial charge in [0.05, 0.1) is 24.8 Å². The highest BCUT2D eigenvalue weighted by Gasteiger charge is 2.33. The Hall–Kier alpha value is -4.54. The van der Waals surface area contributed by atoms with Crippen LogP contribution in [0.4, 0.5) is 5.69 Å². The van der Waals surface area contributed by atoms with Crippen LogP contribution < -0.4 is 9.62 Å². The molecule has 0 aliphatic rings. The van der Waals surface area contributed by atoms with E-state index in [1.807, 2.05) is 36.4 Å². The molecule has 0 radical (unpaired) electrons. The largest absolute Gasteiger partial charge is 0.392 e. The zero-order chi connectivity index (χ0) is 29.2. The first-order valence-electron chi connectivity index (χ1n) is 13.1. The Balaban J connectivity index is 1.59. The minimum absolute atomic E-state index is 0.0530. The Morgan fingerprint density at radius 2 is 1.61 bits per heavy atom. The van der Waals surface area contributed by atoms with Gasteiger partial charge in [-0.05, 0) is 53.8 Å². The SMILES string of the molecule is CCN(C(=O)C(Cc1cnn(Cc2ccccc2)c1)C(=O)NS(=O)(=O)/C=C/c1ccccc1)c1ccc(CO)cc1. The highest BCUT2D eigenvalue weighted by atomic mass is 32.2. The molecule has 0 saturated heterocycles. The number of rotatable bonds is 12. The number of carbonyl (C=O) groups excluding carboxylic acids is 2. The first-order valence-corrected chi connectivity index (χ1v) is 14.7. The maximum absolute atomic E-state index is 13.8. The van der Waals surface area contributed by atoms with E-state index in [9.17, 15) is 23.1 Å². The standard InChI is InChI=1S/C31H32N4O5S/c1-2-35(28-15-13-26(23-36)14-16-28)31(38)29(19-27-20-32-34(22-27)21-25-11-7-4-8-12-25)30(37)33-41(39,40)18-17-24-9-5-3-6-10-24/h3-18,20,22,29,36H,2,19,21,23H2,1H3,(H,33,37)/b18-17+. The van der Waals surface area contributed by atoms with Crippen LogP contribution in [-0.2, 0) is 39.2 Å². The number of nitrogens with one attached hydrogen (secondary N) is 1. The molecule has 0 spiro atoms. The summed E-state index contributed by atoms with van der Waals surface area (Å²) in [6.07, 6.45) is 4.65. The van der Waals surface area contributed by atoms with Gasteiger partial charge in [0.1, 0.15) is 5.92 Å². The average Bonchev–Trinajstić information content (AvgIpc) is 3.43. The van der Waals surface area contributed by atoms with Crippen LogP contribution in [0.15, 0.2) is 103 Å².